The van der Waals surface area contributed by atoms with Gasteiger partial charge in [0, 0.05) is 52.0 Å². The van der Waals surface area contributed by atoms with Crippen LogP contribution in [0.25, 0.3) is 0 Å². The molecule has 1 saturated carbocycles. The average Bonchev–Trinajstić information content (AvgIpc) is 3.19. The van der Waals surface area contributed by atoms with E-state index in [4.69, 9.17) is 28.4 Å². The molecule has 57 heavy (non-hydrogen) atoms. The Hall–Kier alpha value is -2.27. The zero-order valence-electron chi connectivity index (χ0n) is 35.3. The molecule has 4 N–H and O–H groups in total. The summed E-state index contributed by atoms with van der Waals surface area (Å²) in [5.41, 5.74) is 1.65. The van der Waals surface area contributed by atoms with Crippen molar-refractivity contribution in [3.63, 3.8) is 0 Å². The van der Waals surface area contributed by atoms with E-state index in [9.17, 15) is 34.8 Å². The fourth-order valence-electron chi connectivity index (χ4n) is 9.94. The van der Waals surface area contributed by atoms with Crippen LogP contribution in [0.15, 0.2) is 23.3 Å². The number of rotatable bonds is 6. The summed E-state index contributed by atoms with van der Waals surface area (Å²) >= 11 is 0. The number of hydrogen-bond donors (Lipinski definition) is 4. The number of amides is 1. The van der Waals surface area contributed by atoms with Gasteiger partial charge >= 0.3 is 5.97 Å². The quantitative estimate of drug-likeness (QED) is 0.173. The first-order valence-electron chi connectivity index (χ1n) is 21.1. The minimum Gasteiger partial charge on any atom is -0.456 e. The third kappa shape index (κ3) is 10.0. The summed E-state index contributed by atoms with van der Waals surface area (Å²) in [5.74, 6) is -9.10. The maximum atomic E-state index is 14.4. The van der Waals surface area contributed by atoms with Crippen molar-refractivity contribution < 1.29 is 63.2 Å². The highest BCUT2D eigenvalue weighted by atomic mass is 16.7. The third-order valence-electron chi connectivity index (χ3n) is 13.5. The van der Waals surface area contributed by atoms with Gasteiger partial charge in [0.05, 0.1) is 37.1 Å². The Kier molecular flexibility index (Phi) is 15.6. The Morgan fingerprint density at radius 3 is 2.28 bits per heavy atom. The lowest BCUT2D eigenvalue weighted by atomic mass is 9.80. The number of ketones is 1. The minimum absolute atomic E-state index is 0.00402. The second-order valence-electron chi connectivity index (χ2n) is 17.6. The molecule has 0 aromatic heterocycles. The van der Waals surface area contributed by atoms with Gasteiger partial charge in [-0.2, -0.15) is 0 Å². The smallest absolute Gasteiger partial charge is 0.329 e. The molecule has 324 valence electrons. The SMILES string of the molecule is CC[C@@H]1C=C2COC1(O)C[C@H](O)[C@H](C)[C@H](/C(C)=C/[C@@H]1CC[C@@H](O)[C@H](OC)C1)OC(=O)[C@@H]1CCCCN1C(=O)C(=O)[C@]1(O)O[C@H]([C@@H](OC)C[C@H](C)C2)[C@@H](OC)C[C@H]1C. The molecule has 1 amide bonds. The van der Waals surface area contributed by atoms with E-state index < -0.39 is 89.7 Å². The van der Waals surface area contributed by atoms with Gasteiger partial charge in [0.1, 0.15) is 18.2 Å². The Labute approximate surface area is 338 Å². The number of carbonyl (C=O) groups is 3. The van der Waals surface area contributed by atoms with Crippen LogP contribution in [0.4, 0.5) is 0 Å². The van der Waals surface area contributed by atoms with E-state index in [2.05, 4.69) is 6.92 Å². The molecule has 15 atom stereocenters. The van der Waals surface area contributed by atoms with Gasteiger partial charge in [-0.1, -0.05) is 39.8 Å². The topological polar surface area (TPSA) is 191 Å². The van der Waals surface area contributed by atoms with Crippen LogP contribution in [-0.4, -0.2) is 138 Å². The molecule has 6 rings (SSSR count). The van der Waals surface area contributed by atoms with Crippen LogP contribution >= 0.6 is 0 Å². The molecule has 1 unspecified atom stereocenters. The van der Waals surface area contributed by atoms with E-state index in [-0.39, 0.29) is 50.4 Å². The number of ether oxygens (including phenoxy) is 6. The van der Waals surface area contributed by atoms with Crippen molar-refractivity contribution >= 4 is 17.7 Å². The maximum Gasteiger partial charge on any atom is 0.329 e. The highest BCUT2D eigenvalue weighted by Crippen LogP contribution is 2.41. The van der Waals surface area contributed by atoms with E-state index in [1.807, 2.05) is 26.0 Å². The fraction of sp³-hybridized carbons (Fsp3) is 0.837. The van der Waals surface area contributed by atoms with Gasteiger partial charge in [-0.15, -0.1) is 0 Å². The first-order chi connectivity index (χ1) is 27.0. The molecule has 0 spiro atoms. The van der Waals surface area contributed by atoms with Gasteiger partial charge in [-0.25, -0.2) is 4.79 Å². The summed E-state index contributed by atoms with van der Waals surface area (Å²) in [4.78, 5) is 44.0. The number of hydrogen-bond acceptors (Lipinski definition) is 13. The van der Waals surface area contributed by atoms with E-state index in [0.29, 0.717) is 56.9 Å². The summed E-state index contributed by atoms with van der Waals surface area (Å²) in [6.45, 7) is 9.47. The summed E-state index contributed by atoms with van der Waals surface area (Å²) < 4.78 is 36.1. The standard InChI is InChI=1S/C43H69NO13/c1-9-30-20-29-16-24(2)17-35(53-7)38-36(54-8)19-26(4)43(51,57-38)39(47)40(48)44-15-11-10-12-31(44)41(49)56-37(27(5)33(46)22-42(30,50)55-23-29)25(3)18-28-13-14-32(45)34(21-28)52-6/h18,20,24,26-28,30-38,45-46,50-51H,9-17,19,21-23H2,1-8H3/b25-18+/t24-,26-,27+,28+,30-,31+,32-,33+,34-,35+,36+,37+,38-,42?,43-/m1/s1. The van der Waals surface area contributed by atoms with Gasteiger partial charge in [0.25, 0.3) is 11.7 Å². The van der Waals surface area contributed by atoms with Crippen LogP contribution in [0.2, 0.25) is 0 Å². The number of esters is 1. The molecule has 1 aliphatic carbocycles. The van der Waals surface area contributed by atoms with E-state index in [1.54, 1.807) is 21.0 Å². The largest absolute Gasteiger partial charge is 0.456 e. The maximum absolute atomic E-state index is 14.4. The van der Waals surface area contributed by atoms with Crippen LogP contribution in [-0.2, 0) is 42.8 Å². The van der Waals surface area contributed by atoms with Crippen LogP contribution in [0.1, 0.15) is 105 Å². The van der Waals surface area contributed by atoms with Crippen molar-refractivity contribution in [3.8, 4) is 0 Å². The van der Waals surface area contributed by atoms with Crippen molar-refractivity contribution in [1.82, 2.24) is 4.90 Å². The van der Waals surface area contributed by atoms with E-state index in [0.717, 1.165) is 5.57 Å². The van der Waals surface area contributed by atoms with Gasteiger partial charge in [0.2, 0.25) is 5.79 Å². The first kappa shape index (κ1) is 45.8. The number of methoxy groups -OCH3 is 3. The number of aliphatic hydroxyl groups excluding tert-OH is 2. The lowest BCUT2D eigenvalue weighted by molar-refractivity contribution is -0.302. The number of fused-ring (bicyclic) bond motifs is 11. The minimum atomic E-state index is -2.51. The lowest BCUT2D eigenvalue weighted by Gasteiger charge is -2.47. The summed E-state index contributed by atoms with van der Waals surface area (Å²) in [7, 11) is 4.63. The Bertz CT molecular complexity index is 1470. The molecular formula is C43H69NO13. The molecular weight excluding hydrogens is 738 g/mol. The van der Waals surface area contributed by atoms with Crippen molar-refractivity contribution in [2.75, 3.05) is 34.5 Å². The Balaban J connectivity index is 1.55. The number of allylic oxidation sites excluding steroid dienone is 1. The molecule has 0 radical (unpaired) electrons. The normalized spacial score (nSPS) is 43.5. The van der Waals surface area contributed by atoms with Crippen molar-refractivity contribution in [2.24, 2.45) is 29.6 Å². The monoisotopic (exact) mass is 807 g/mol. The molecule has 6 aliphatic rings. The van der Waals surface area contributed by atoms with E-state index >= 15 is 0 Å². The second kappa shape index (κ2) is 19.4. The molecule has 3 saturated heterocycles. The highest BCUT2D eigenvalue weighted by Gasteiger charge is 2.57. The van der Waals surface area contributed by atoms with Crippen LogP contribution < -0.4 is 0 Å². The van der Waals surface area contributed by atoms with E-state index in [1.165, 1.54) is 19.1 Å². The second-order valence-corrected chi connectivity index (χ2v) is 17.6. The fourth-order valence-corrected chi connectivity index (χ4v) is 9.94. The number of aliphatic hydroxyl groups is 4. The molecule has 14 nitrogen and oxygen atoms in total. The molecule has 4 bridgehead atoms. The summed E-state index contributed by atoms with van der Waals surface area (Å²) in [6, 6.07) is -1.14. The Morgan fingerprint density at radius 1 is 0.930 bits per heavy atom. The molecule has 14 heteroatoms. The number of piperidine rings is 1. The van der Waals surface area contributed by atoms with Gasteiger partial charge in [0.15, 0.2) is 5.79 Å². The number of carbonyl (C=O) groups excluding carboxylic acids is 3. The van der Waals surface area contributed by atoms with Gasteiger partial charge < -0.3 is 53.7 Å². The highest BCUT2D eigenvalue weighted by molar-refractivity contribution is 6.39. The van der Waals surface area contributed by atoms with Gasteiger partial charge in [-0.05, 0) is 94.1 Å². The zero-order valence-corrected chi connectivity index (χ0v) is 35.3. The molecule has 5 heterocycles. The number of nitrogens with zero attached hydrogens (tertiary/aromatic N) is 1. The molecule has 0 aromatic carbocycles. The van der Waals surface area contributed by atoms with Gasteiger partial charge in [-0.3, -0.25) is 9.59 Å². The van der Waals surface area contributed by atoms with Crippen LogP contribution in [0, 0.1) is 29.6 Å². The molecule has 5 aliphatic heterocycles. The zero-order chi connectivity index (χ0) is 41.8. The predicted octanol–water partition coefficient (Wildman–Crippen LogP) is 3.60. The molecule has 4 fully saturated rings. The molecule has 0 aromatic rings. The summed E-state index contributed by atoms with van der Waals surface area (Å²) in [5, 5.41) is 46.4. The van der Waals surface area contributed by atoms with Crippen LogP contribution in [0.5, 0.6) is 0 Å². The third-order valence-corrected chi connectivity index (χ3v) is 13.5. The summed E-state index contributed by atoms with van der Waals surface area (Å²) in [6.07, 6.45) is 3.70. The predicted molar refractivity (Wildman–Crippen MR) is 208 cm³/mol. The lowest BCUT2D eigenvalue weighted by Crippen LogP contribution is -2.64. The van der Waals surface area contributed by atoms with Crippen molar-refractivity contribution in [1.29, 1.82) is 0 Å². The average molecular weight is 808 g/mol. The van der Waals surface area contributed by atoms with Crippen molar-refractivity contribution in [3.05, 3.63) is 23.3 Å². The van der Waals surface area contributed by atoms with Crippen molar-refractivity contribution in [2.45, 2.75) is 166 Å². The first-order valence-corrected chi connectivity index (χ1v) is 21.1. The van der Waals surface area contributed by atoms with Crippen LogP contribution in [0.3, 0.4) is 0 Å². The number of Topliss-reactive ketones (excluding diaryl/α,β-unsaturated/α-hetero) is 1. The Morgan fingerprint density at radius 2 is 1.61 bits per heavy atom.